The number of rotatable bonds is 1. The van der Waals surface area contributed by atoms with Crippen LogP contribution in [0.5, 0.6) is 0 Å². The molecule has 0 bridgehead atoms. The molecule has 0 unspecified atom stereocenters. The number of benzene rings is 1. The van der Waals surface area contributed by atoms with Crippen molar-refractivity contribution in [2.24, 2.45) is 0 Å². The summed E-state index contributed by atoms with van der Waals surface area (Å²) in [5.74, 6) is 0.0347. The molecule has 4 nitrogen and oxygen atoms in total. The number of carbonyl (C=O) groups is 1. The number of amides is 1. The van der Waals surface area contributed by atoms with Crippen molar-refractivity contribution in [3.8, 4) is 0 Å². The molecule has 0 aliphatic heterocycles. The minimum absolute atomic E-state index is 0.0347. The van der Waals surface area contributed by atoms with Crippen molar-refractivity contribution < 1.29 is 9.53 Å². The summed E-state index contributed by atoms with van der Waals surface area (Å²) in [5.41, 5.74) is 0.646. The summed E-state index contributed by atoms with van der Waals surface area (Å²) in [6, 6.07) is 8.90. The Morgan fingerprint density at radius 2 is 2.00 bits per heavy atom. The first-order valence-electron chi connectivity index (χ1n) is 3.73. The van der Waals surface area contributed by atoms with Gasteiger partial charge in [0, 0.05) is 5.56 Å². The smallest absolute Gasteiger partial charge is 0.412 e. The zero-order valence-electron chi connectivity index (χ0n) is 7.20. The summed E-state index contributed by atoms with van der Waals surface area (Å²) in [4.78, 5) is 10.7. The standard InChI is InChI=1S/C9H10N2O2/c1-13-9(12)11-8(10)7-5-3-2-4-6-7/h2-6H,1H3,(H2,10,11,12). The van der Waals surface area contributed by atoms with E-state index in [0.29, 0.717) is 5.56 Å². The molecule has 1 amide bonds. The lowest BCUT2D eigenvalue weighted by Gasteiger charge is -2.04. The number of carbonyl (C=O) groups excluding carboxylic acids is 1. The van der Waals surface area contributed by atoms with Crippen molar-refractivity contribution >= 4 is 11.9 Å². The Bertz CT molecular complexity index is 309. The molecule has 1 aromatic rings. The maximum atomic E-state index is 10.7. The first-order chi connectivity index (χ1) is 6.24. The highest BCUT2D eigenvalue weighted by molar-refractivity contribution is 6.04. The Morgan fingerprint density at radius 3 is 2.54 bits per heavy atom. The fourth-order valence-electron chi connectivity index (χ4n) is 0.830. The van der Waals surface area contributed by atoms with E-state index in [1.807, 2.05) is 6.07 Å². The van der Waals surface area contributed by atoms with Crippen LogP contribution in [0.1, 0.15) is 5.56 Å². The van der Waals surface area contributed by atoms with E-state index in [-0.39, 0.29) is 5.84 Å². The molecule has 4 heteroatoms. The summed E-state index contributed by atoms with van der Waals surface area (Å²) in [6.45, 7) is 0. The van der Waals surface area contributed by atoms with Gasteiger partial charge < -0.3 is 4.74 Å². The van der Waals surface area contributed by atoms with Crippen molar-refractivity contribution in [2.75, 3.05) is 7.11 Å². The summed E-state index contributed by atoms with van der Waals surface area (Å²) >= 11 is 0. The topological polar surface area (TPSA) is 62.2 Å². The first kappa shape index (κ1) is 9.25. The molecule has 1 rings (SSSR count). The predicted molar refractivity (Wildman–Crippen MR) is 48.8 cm³/mol. The summed E-state index contributed by atoms with van der Waals surface area (Å²) in [7, 11) is 1.26. The molecular weight excluding hydrogens is 168 g/mol. The summed E-state index contributed by atoms with van der Waals surface area (Å²) in [5, 5.41) is 9.72. The van der Waals surface area contributed by atoms with E-state index in [1.54, 1.807) is 24.3 Å². The van der Waals surface area contributed by atoms with Gasteiger partial charge in [-0.1, -0.05) is 30.3 Å². The number of ether oxygens (including phenoxy) is 1. The van der Waals surface area contributed by atoms with Crippen molar-refractivity contribution in [3.63, 3.8) is 0 Å². The second kappa shape index (κ2) is 4.25. The minimum Gasteiger partial charge on any atom is -0.453 e. The molecule has 0 radical (unpaired) electrons. The SMILES string of the molecule is COC(=O)NC(=N)c1ccccc1. The van der Waals surface area contributed by atoms with E-state index in [4.69, 9.17) is 5.41 Å². The van der Waals surface area contributed by atoms with E-state index in [2.05, 4.69) is 10.1 Å². The van der Waals surface area contributed by atoms with Crippen LogP contribution in [-0.2, 0) is 4.74 Å². The van der Waals surface area contributed by atoms with Gasteiger partial charge in [-0.15, -0.1) is 0 Å². The van der Waals surface area contributed by atoms with Gasteiger partial charge in [-0.2, -0.15) is 0 Å². The van der Waals surface area contributed by atoms with Gasteiger partial charge in [0.2, 0.25) is 0 Å². The van der Waals surface area contributed by atoms with Gasteiger partial charge in [0.25, 0.3) is 0 Å². The van der Waals surface area contributed by atoms with Gasteiger partial charge in [0.1, 0.15) is 5.84 Å². The maximum absolute atomic E-state index is 10.7. The number of hydrogen-bond acceptors (Lipinski definition) is 3. The Kier molecular flexibility index (Phi) is 3.03. The van der Waals surface area contributed by atoms with Gasteiger partial charge in [-0.25, -0.2) is 4.79 Å². The molecule has 0 aromatic heterocycles. The zero-order valence-corrected chi connectivity index (χ0v) is 7.20. The van der Waals surface area contributed by atoms with Crippen LogP contribution in [0.4, 0.5) is 4.79 Å². The van der Waals surface area contributed by atoms with Gasteiger partial charge in [-0.05, 0) is 0 Å². The van der Waals surface area contributed by atoms with Crippen LogP contribution in [0.3, 0.4) is 0 Å². The van der Waals surface area contributed by atoms with E-state index in [9.17, 15) is 4.79 Å². The highest BCUT2D eigenvalue weighted by Gasteiger charge is 2.04. The number of methoxy groups -OCH3 is 1. The van der Waals surface area contributed by atoms with Crippen LogP contribution < -0.4 is 5.32 Å². The molecule has 0 heterocycles. The number of nitrogens with one attached hydrogen (secondary N) is 2. The summed E-state index contributed by atoms with van der Waals surface area (Å²) in [6.07, 6.45) is -0.631. The lowest BCUT2D eigenvalue weighted by molar-refractivity contribution is 0.177. The number of alkyl carbamates (subject to hydrolysis) is 1. The van der Waals surface area contributed by atoms with Gasteiger partial charge >= 0.3 is 6.09 Å². The second-order valence-electron chi connectivity index (χ2n) is 2.36. The highest BCUT2D eigenvalue weighted by Crippen LogP contribution is 1.97. The largest absolute Gasteiger partial charge is 0.453 e. The van der Waals surface area contributed by atoms with Crippen molar-refractivity contribution in [3.05, 3.63) is 35.9 Å². The van der Waals surface area contributed by atoms with E-state index in [0.717, 1.165) is 0 Å². The Balaban J connectivity index is 2.65. The van der Waals surface area contributed by atoms with Crippen LogP contribution in [0.2, 0.25) is 0 Å². The molecule has 0 spiro atoms. The van der Waals surface area contributed by atoms with Gasteiger partial charge in [-0.3, -0.25) is 10.7 Å². The van der Waals surface area contributed by atoms with E-state index < -0.39 is 6.09 Å². The van der Waals surface area contributed by atoms with Crippen LogP contribution in [0.25, 0.3) is 0 Å². The molecule has 13 heavy (non-hydrogen) atoms. The van der Waals surface area contributed by atoms with Gasteiger partial charge in [0.05, 0.1) is 7.11 Å². The van der Waals surface area contributed by atoms with E-state index in [1.165, 1.54) is 7.11 Å². The lowest BCUT2D eigenvalue weighted by atomic mass is 10.2. The van der Waals surface area contributed by atoms with Crippen LogP contribution in [-0.4, -0.2) is 19.0 Å². The Morgan fingerprint density at radius 1 is 1.38 bits per heavy atom. The minimum atomic E-state index is -0.631. The first-order valence-corrected chi connectivity index (χ1v) is 3.73. The molecule has 0 atom stereocenters. The molecular formula is C9H10N2O2. The highest BCUT2D eigenvalue weighted by atomic mass is 16.5. The lowest BCUT2D eigenvalue weighted by Crippen LogP contribution is -2.30. The Hall–Kier alpha value is -1.84. The van der Waals surface area contributed by atoms with Crippen molar-refractivity contribution in [2.45, 2.75) is 0 Å². The van der Waals surface area contributed by atoms with Crippen molar-refractivity contribution in [1.82, 2.24) is 5.32 Å². The maximum Gasteiger partial charge on any atom is 0.412 e. The predicted octanol–water partition coefficient (Wildman–Crippen LogP) is 1.37. The average Bonchev–Trinajstić information content (AvgIpc) is 2.19. The number of amidine groups is 1. The molecule has 0 saturated heterocycles. The molecule has 2 N–H and O–H groups in total. The third-order valence-corrected chi connectivity index (χ3v) is 1.47. The third kappa shape index (κ3) is 2.59. The monoisotopic (exact) mass is 178 g/mol. The molecule has 68 valence electrons. The fraction of sp³-hybridized carbons (Fsp3) is 0.111. The van der Waals surface area contributed by atoms with Crippen molar-refractivity contribution in [1.29, 1.82) is 5.41 Å². The molecule has 0 aliphatic rings. The second-order valence-corrected chi connectivity index (χ2v) is 2.36. The Labute approximate surface area is 76.0 Å². The average molecular weight is 178 g/mol. The third-order valence-electron chi connectivity index (χ3n) is 1.47. The summed E-state index contributed by atoms with van der Waals surface area (Å²) < 4.78 is 4.35. The fourth-order valence-corrected chi connectivity index (χ4v) is 0.830. The molecule has 0 aliphatic carbocycles. The van der Waals surface area contributed by atoms with Crippen LogP contribution >= 0.6 is 0 Å². The van der Waals surface area contributed by atoms with Crippen LogP contribution in [0.15, 0.2) is 30.3 Å². The van der Waals surface area contributed by atoms with Gasteiger partial charge in [0.15, 0.2) is 0 Å². The quantitative estimate of drug-likeness (QED) is 0.504. The van der Waals surface area contributed by atoms with Crippen LogP contribution in [0, 0.1) is 5.41 Å². The molecule has 0 fully saturated rings. The molecule has 0 saturated carbocycles. The zero-order chi connectivity index (χ0) is 9.68. The van der Waals surface area contributed by atoms with E-state index >= 15 is 0 Å². The normalized spacial score (nSPS) is 9.00. The molecule has 1 aromatic carbocycles. The number of hydrogen-bond donors (Lipinski definition) is 2.